The molecule has 0 saturated carbocycles. The van der Waals surface area contributed by atoms with Gasteiger partial charge in [0.25, 0.3) is 10.2 Å². The molecule has 0 spiro atoms. The summed E-state index contributed by atoms with van der Waals surface area (Å²) in [5, 5.41) is 5.09. The van der Waals surface area contributed by atoms with Crippen molar-refractivity contribution in [3.8, 4) is 0 Å². The summed E-state index contributed by atoms with van der Waals surface area (Å²) >= 11 is 0. The molecule has 1 aliphatic heterocycles. The zero-order valence-electron chi connectivity index (χ0n) is 9.04. The van der Waals surface area contributed by atoms with Gasteiger partial charge in [-0.1, -0.05) is 24.3 Å². The van der Waals surface area contributed by atoms with Crippen LogP contribution >= 0.6 is 0 Å². The molecule has 2 rings (SSSR count). The minimum absolute atomic E-state index is 0.0859. The van der Waals surface area contributed by atoms with Crippen LogP contribution in [-0.2, 0) is 28.0 Å². The summed E-state index contributed by atoms with van der Waals surface area (Å²) < 4.78 is 23.8. The summed E-state index contributed by atoms with van der Waals surface area (Å²) in [4.78, 5) is 11.3. The van der Waals surface area contributed by atoms with Crippen molar-refractivity contribution in [3.63, 3.8) is 0 Å². The Kier molecular flexibility index (Phi) is 2.90. The number of primary amides is 1. The zero-order valence-corrected chi connectivity index (χ0v) is 9.85. The van der Waals surface area contributed by atoms with Gasteiger partial charge in [0.05, 0.1) is 0 Å². The highest BCUT2D eigenvalue weighted by Crippen LogP contribution is 2.24. The molecular weight excluding hydrogens is 242 g/mol. The van der Waals surface area contributed by atoms with E-state index in [2.05, 4.69) is 0 Å². The maximum atomic E-state index is 11.4. The number of nitrogens with two attached hydrogens (primary N) is 2. The largest absolute Gasteiger partial charge is 0.368 e. The van der Waals surface area contributed by atoms with Gasteiger partial charge in [-0.3, -0.25) is 4.79 Å². The predicted octanol–water partition coefficient (Wildman–Crippen LogP) is -0.898. The summed E-state index contributed by atoms with van der Waals surface area (Å²) in [7, 11) is -3.93. The van der Waals surface area contributed by atoms with Crippen molar-refractivity contribution < 1.29 is 13.2 Å². The van der Waals surface area contributed by atoms with Crippen LogP contribution in [0.15, 0.2) is 24.3 Å². The van der Waals surface area contributed by atoms with Crippen molar-refractivity contribution in [1.82, 2.24) is 4.31 Å². The van der Waals surface area contributed by atoms with Crippen molar-refractivity contribution in [3.05, 3.63) is 35.4 Å². The molecule has 0 aromatic heterocycles. The van der Waals surface area contributed by atoms with Gasteiger partial charge in [0.15, 0.2) is 0 Å². The van der Waals surface area contributed by atoms with E-state index in [9.17, 15) is 13.2 Å². The quantitative estimate of drug-likeness (QED) is 0.715. The molecule has 0 saturated heterocycles. The van der Waals surface area contributed by atoms with E-state index in [4.69, 9.17) is 10.9 Å². The summed E-state index contributed by atoms with van der Waals surface area (Å²) in [6.07, 6.45) is 0.266. The highest BCUT2D eigenvalue weighted by atomic mass is 32.2. The molecule has 6 nitrogen and oxygen atoms in total. The SMILES string of the molecule is NC(=O)[C@@H]1Cc2ccccc2CN1S(N)(=O)=O. The van der Waals surface area contributed by atoms with Crippen molar-refractivity contribution in [2.45, 2.75) is 19.0 Å². The molecule has 1 aromatic carbocycles. The van der Waals surface area contributed by atoms with Crippen LogP contribution < -0.4 is 10.9 Å². The lowest BCUT2D eigenvalue weighted by Gasteiger charge is -2.32. The molecule has 17 heavy (non-hydrogen) atoms. The molecule has 1 amide bonds. The monoisotopic (exact) mass is 255 g/mol. The Bertz CT molecular complexity index is 556. The van der Waals surface area contributed by atoms with E-state index in [1.807, 2.05) is 24.3 Å². The molecule has 0 bridgehead atoms. The van der Waals surface area contributed by atoms with Gasteiger partial charge in [-0.15, -0.1) is 0 Å². The first-order valence-electron chi connectivity index (χ1n) is 5.05. The third-order valence-corrected chi connectivity index (χ3v) is 3.90. The van der Waals surface area contributed by atoms with Crippen LogP contribution in [0.4, 0.5) is 0 Å². The second kappa shape index (κ2) is 4.10. The number of nitrogens with zero attached hydrogens (tertiary/aromatic N) is 1. The number of benzene rings is 1. The average Bonchev–Trinajstić information content (AvgIpc) is 2.26. The van der Waals surface area contributed by atoms with Gasteiger partial charge in [-0.2, -0.15) is 12.7 Å². The van der Waals surface area contributed by atoms with Crippen molar-refractivity contribution in [1.29, 1.82) is 0 Å². The smallest absolute Gasteiger partial charge is 0.277 e. The van der Waals surface area contributed by atoms with Crippen molar-refractivity contribution in [2.24, 2.45) is 10.9 Å². The third kappa shape index (κ3) is 2.31. The van der Waals surface area contributed by atoms with Crippen LogP contribution in [0.5, 0.6) is 0 Å². The van der Waals surface area contributed by atoms with Gasteiger partial charge in [-0.25, -0.2) is 5.14 Å². The van der Waals surface area contributed by atoms with E-state index in [1.54, 1.807) is 0 Å². The first kappa shape index (κ1) is 12.0. The van der Waals surface area contributed by atoms with Crippen LogP contribution in [0.3, 0.4) is 0 Å². The van der Waals surface area contributed by atoms with Crippen LogP contribution in [0, 0.1) is 0 Å². The van der Waals surface area contributed by atoms with Gasteiger partial charge in [0.1, 0.15) is 6.04 Å². The number of fused-ring (bicyclic) bond motifs is 1. The molecule has 0 unspecified atom stereocenters. The van der Waals surface area contributed by atoms with Crippen molar-refractivity contribution >= 4 is 16.1 Å². The third-order valence-electron chi connectivity index (χ3n) is 2.86. The van der Waals surface area contributed by atoms with E-state index in [1.165, 1.54) is 0 Å². The number of hydrogen-bond acceptors (Lipinski definition) is 3. The Hall–Kier alpha value is -1.44. The maximum Gasteiger partial charge on any atom is 0.277 e. The molecule has 92 valence electrons. The highest BCUT2D eigenvalue weighted by molar-refractivity contribution is 7.86. The van der Waals surface area contributed by atoms with Crippen LogP contribution in [0.2, 0.25) is 0 Å². The summed E-state index contributed by atoms with van der Waals surface area (Å²) in [5.41, 5.74) is 6.98. The van der Waals surface area contributed by atoms with Crippen LogP contribution in [-0.4, -0.2) is 24.7 Å². The molecule has 1 aromatic rings. The number of amides is 1. The van der Waals surface area contributed by atoms with E-state index >= 15 is 0 Å². The van der Waals surface area contributed by atoms with Crippen LogP contribution in [0.25, 0.3) is 0 Å². The number of carbonyl (C=O) groups excluding carboxylic acids is 1. The molecule has 0 aliphatic carbocycles. The number of carbonyl (C=O) groups is 1. The predicted molar refractivity (Wildman–Crippen MR) is 61.8 cm³/mol. The topological polar surface area (TPSA) is 106 Å². The van der Waals surface area contributed by atoms with E-state index < -0.39 is 22.2 Å². The van der Waals surface area contributed by atoms with E-state index in [-0.39, 0.29) is 13.0 Å². The van der Waals surface area contributed by atoms with Gasteiger partial charge in [0, 0.05) is 6.54 Å². The fourth-order valence-corrected chi connectivity index (χ4v) is 2.86. The Morgan fingerprint density at radius 2 is 1.88 bits per heavy atom. The van der Waals surface area contributed by atoms with Gasteiger partial charge in [0.2, 0.25) is 5.91 Å². The molecule has 0 fully saturated rings. The molecule has 7 heteroatoms. The Morgan fingerprint density at radius 3 is 2.41 bits per heavy atom. The average molecular weight is 255 g/mol. The Morgan fingerprint density at radius 1 is 1.29 bits per heavy atom. The minimum atomic E-state index is -3.93. The molecule has 4 N–H and O–H groups in total. The lowest BCUT2D eigenvalue weighted by atomic mass is 9.96. The molecule has 1 aliphatic rings. The standard InChI is InChI=1S/C10H13N3O3S/c11-10(14)9-5-7-3-1-2-4-8(7)6-13(9)17(12,15)16/h1-4,9H,5-6H2,(H2,11,14)(H2,12,15,16)/t9-/m0/s1. The lowest BCUT2D eigenvalue weighted by molar-refractivity contribution is -0.122. The maximum absolute atomic E-state index is 11.4. The van der Waals surface area contributed by atoms with Crippen LogP contribution in [0.1, 0.15) is 11.1 Å². The fourth-order valence-electron chi connectivity index (χ4n) is 2.01. The second-order valence-electron chi connectivity index (χ2n) is 3.98. The minimum Gasteiger partial charge on any atom is -0.368 e. The first-order valence-corrected chi connectivity index (χ1v) is 6.55. The highest BCUT2D eigenvalue weighted by Gasteiger charge is 2.35. The second-order valence-corrected chi connectivity index (χ2v) is 5.48. The van der Waals surface area contributed by atoms with E-state index in [0.717, 1.165) is 15.4 Å². The summed E-state index contributed by atoms with van der Waals surface area (Å²) in [6.45, 7) is 0.0859. The fraction of sp³-hybridized carbons (Fsp3) is 0.300. The van der Waals surface area contributed by atoms with E-state index in [0.29, 0.717) is 0 Å². The summed E-state index contributed by atoms with van der Waals surface area (Å²) in [6, 6.07) is 6.41. The molecular formula is C10H13N3O3S. The number of hydrogen-bond donors (Lipinski definition) is 2. The lowest BCUT2D eigenvalue weighted by Crippen LogP contribution is -2.53. The van der Waals surface area contributed by atoms with Gasteiger partial charge in [-0.05, 0) is 17.5 Å². The zero-order chi connectivity index (χ0) is 12.6. The first-order chi connectivity index (χ1) is 7.89. The Balaban J connectivity index is 2.45. The molecule has 0 radical (unpaired) electrons. The van der Waals surface area contributed by atoms with Crippen molar-refractivity contribution in [2.75, 3.05) is 0 Å². The normalized spacial score (nSPS) is 20.9. The molecule has 1 atom stereocenters. The van der Waals surface area contributed by atoms with Gasteiger partial charge >= 0.3 is 0 Å². The molecule has 1 heterocycles. The Labute approximate surface area is 99.4 Å². The summed E-state index contributed by atoms with van der Waals surface area (Å²) in [5.74, 6) is -0.687. The van der Waals surface area contributed by atoms with Gasteiger partial charge < -0.3 is 5.73 Å². The number of rotatable bonds is 2.